The molecule has 2 heterocycles. The number of para-hydroxylation sites is 2. The smallest absolute Gasteiger partial charge is 0.241 e. The molecule has 7 rings (SSSR count). The number of hydrogen-bond acceptors (Lipinski definition) is 6. The van der Waals surface area contributed by atoms with Gasteiger partial charge in [0, 0.05) is 18.0 Å². The topological polar surface area (TPSA) is 115 Å². The molecule has 9 heteroatoms. The number of amides is 4. The lowest BCUT2D eigenvalue weighted by Crippen LogP contribution is -2.49. The molecule has 3 fully saturated rings. The second kappa shape index (κ2) is 10.1. The van der Waals surface area contributed by atoms with Gasteiger partial charge in [-0.15, -0.1) is 0 Å². The number of anilines is 1. The molecule has 2 saturated heterocycles. The van der Waals surface area contributed by atoms with Crippen LogP contribution in [0.3, 0.4) is 0 Å². The summed E-state index contributed by atoms with van der Waals surface area (Å²) in [7, 11) is 0. The highest BCUT2D eigenvalue weighted by atomic mass is 19.1. The predicted octanol–water partition coefficient (Wildman–Crippen LogP) is 4.71. The first kappa shape index (κ1) is 28.0. The minimum atomic E-state index is -1.36. The average Bonchev–Trinajstić information content (AvgIpc) is 3.38. The van der Waals surface area contributed by atoms with Gasteiger partial charge >= 0.3 is 0 Å². The molecule has 0 spiro atoms. The third kappa shape index (κ3) is 3.94. The molecule has 0 aromatic heterocycles. The fourth-order valence-corrected chi connectivity index (χ4v) is 8.14. The van der Waals surface area contributed by atoms with Crippen molar-refractivity contribution >= 4 is 29.3 Å². The molecule has 0 bridgehead atoms. The van der Waals surface area contributed by atoms with E-state index in [-0.39, 0.29) is 42.5 Å². The molecule has 44 heavy (non-hydrogen) atoms. The van der Waals surface area contributed by atoms with E-state index in [2.05, 4.69) is 0 Å². The molecule has 1 saturated carbocycles. The van der Waals surface area contributed by atoms with Crippen LogP contribution >= 0.6 is 0 Å². The average molecular weight is 595 g/mol. The molecule has 0 radical (unpaired) electrons. The number of likely N-dealkylation sites (tertiary alicyclic amines) is 1. The first-order valence-corrected chi connectivity index (χ1v) is 14.9. The molecule has 224 valence electrons. The predicted molar refractivity (Wildman–Crippen MR) is 158 cm³/mol. The molecule has 2 aliphatic carbocycles. The summed E-state index contributed by atoms with van der Waals surface area (Å²) in [6.45, 7) is 1.87. The third-order valence-corrected chi connectivity index (χ3v) is 10.3. The van der Waals surface area contributed by atoms with Gasteiger partial charge in [-0.25, -0.2) is 9.29 Å². The second-order valence-corrected chi connectivity index (χ2v) is 12.4. The number of halogens is 1. The maximum absolute atomic E-state index is 14.8. The minimum Gasteiger partial charge on any atom is -0.508 e. The van der Waals surface area contributed by atoms with E-state index in [4.69, 9.17) is 0 Å². The van der Waals surface area contributed by atoms with Crippen molar-refractivity contribution in [3.05, 3.63) is 101 Å². The molecule has 8 nitrogen and oxygen atoms in total. The summed E-state index contributed by atoms with van der Waals surface area (Å²) >= 11 is 0. The van der Waals surface area contributed by atoms with Gasteiger partial charge in [-0.05, 0) is 68.0 Å². The summed E-state index contributed by atoms with van der Waals surface area (Å²) in [5, 5.41) is 20.6. The number of phenols is 2. The summed E-state index contributed by atoms with van der Waals surface area (Å²) in [5.41, 5.74) is 0.788. The summed E-state index contributed by atoms with van der Waals surface area (Å²) < 4.78 is 14.8. The summed E-state index contributed by atoms with van der Waals surface area (Å²) in [5.74, 6) is -6.41. The number of aromatic hydroxyl groups is 2. The Bertz CT molecular complexity index is 1740. The van der Waals surface area contributed by atoms with Crippen LogP contribution < -0.4 is 4.90 Å². The zero-order valence-corrected chi connectivity index (χ0v) is 24.0. The van der Waals surface area contributed by atoms with E-state index in [1.807, 2.05) is 6.08 Å². The highest BCUT2D eigenvalue weighted by Gasteiger charge is 2.67. The Morgan fingerprint density at radius 1 is 0.864 bits per heavy atom. The van der Waals surface area contributed by atoms with Crippen molar-refractivity contribution < 1.29 is 33.8 Å². The third-order valence-electron chi connectivity index (χ3n) is 10.3. The maximum atomic E-state index is 14.8. The summed E-state index contributed by atoms with van der Waals surface area (Å²) in [6.07, 6.45) is 2.73. The van der Waals surface area contributed by atoms with Gasteiger partial charge < -0.3 is 10.2 Å². The normalized spacial score (nSPS) is 29.4. The van der Waals surface area contributed by atoms with Crippen LogP contribution in [0.25, 0.3) is 0 Å². The lowest BCUT2D eigenvalue weighted by atomic mass is 9.51. The highest BCUT2D eigenvalue weighted by molar-refractivity contribution is 6.24. The van der Waals surface area contributed by atoms with Crippen molar-refractivity contribution in [3.8, 4) is 11.5 Å². The number of allylic oxidation sites excluding steroid dienone is 2. The van der Waals surface area contributed by atoms with Crippen LogP contribution in [-0.4, -0.2) is 45.3 Å². The van der Waals surface area contributed by atoms with Crippen LogP contribution in [-0.2, 0) is 25.6 Å². The number of fused-ring (bicyclic) bond motifs is 4. The van der Waals surface area contributed by atoms with Crippen LogP contribution in [0, 0.1) is 34.9 Å². The highest BCUT2D eigenvalue weighted by Crippen LogP contribution is 2.64. The number of hydrogen-bond donors (Lipinski definition) is 2. The zero-order valence-electron chi connectivity index (χ0n) is 24.0. The van der Waals surface area contributed by atoms with Crippen LogP contribution in [0.4, 0.5) is 10.1 Å². The standard InChI is InChI=1S/C35H31FN2O6/c1-35-26(32(42)38(34(35)44)20-6-3-2-4-7-20)18-25-22(29(35)24-8-5-9-27(36)30(24)40)14-15-23-28(25)33(43)37(31(23)41)17-16-19-10-12-21(39)13-11-19/h2-14,23,25-26,28-29,39-40H,15-18H2,1H3/t23-,25+,26-,28-,29+,35+/m0/s1. The molecule has 3 aromatic carbocycles. The van der Waals surface area contributed by atoms with Crippen LogP contribution in [0.1, 0.15) is 36.8 Å². The molecule has 6 atom stereocenters. The van der Waals surface area contributed by atoms with Crippen LogP contribution in [0.2, 0.25) is 0 Å². The summed E-state index contributed by atoms with van der Waals surface area (Å²) in [4.78, 5) is 58.5. The van der Waals surface area contributed by atoms with E-state index in [0.717, 1.165) is 11.6 Å². The molecule has 4 amide bonds. The van der Waals surface area contributed by atoms with Gasteiger partial charge in [-0.2, -0.15) is 0 Å². The molecule has 3 aromatic rings. The first-order valence-electron chi connectivity index (χ1n) is 14.9. The number of phenolic OH excluding ortho intramolecular Hbond substituents is 2. The van der Waals surface area contributed by atoms with Gasteiger partial charge in [0.05, 0.1) is 28.9 Å². The zero-order chi connectivity index (χ0) is 30.9. The summed E-state index contributed by atoms with van der Waals surface area (Å²) in [6, 6.07) is 19.4. The number of benzene rings is 3. The van der Waals surface area contributed by atoms with Gasteiger partial charge in [0.25, 0.3) is 0 Å². The number of imide groups is 2. The minimum absolute atomic E-state index is 0.126. The molecular formula is C35H31FN2O6. The van der Waals surface area contributed by atoms with E-state index >= 15 is 0 Å². The van der Waals surface area contributed by atoms with Crippen molar-refractivity contribution in [3.63, 3.8) is 0 Å². The fraction of sp³-hybridized carbons (Fsp3) is 0.314. The van der Waals surface area contributed by atoms with Crippen molar-refractivity contribution in [2.75, 3.05) is 11.4 Å². The largest absolute Gasteiger partial charge is 0.508 e. The van der Waals surface area contributed by atoms with E-state index < -0.39 is 58.4 Å². The molecule has 0 unspecified atom stereocenters. The van der Waals surface area contributed by atoms with Gasteiger partial charge in [-0.3, -0.25) is 24.1 Å². The molecule has 4 aliphatic rings. The molecular weight excluding hydrogens is 563 g/mol. The SMILES string of the molecule is C[C@@]12C(=O)N(c3ccccc3)C(=O)[C@@H]1C[C@@H]1C(=CC[C@@H]3C(=O)N(CCc4ccc(O)cc4)C(=O)[C@@H]31)[C@@H]2c1cccc(F)c1O. The Hall–Kier alpha value is -4.79. The number of nitrogens with zero attached hydrogens (tertiary/aromatic N) is 2. The Kier molecular flexibility index (Phi) is 6.46. The van der Waals surface area contributed by atoms with Crippen molar-refractivity contribution in [2.24, 2.45) is 29.1 Å². The lowest BCUT2D eigenvalue weighted by molar-refractivity contribution is -0.140. The van der Waals surface area contributed by atoms with Crippen LogP contribution in [0.5, 0.6) is 11.5 Å². The number of carbonyl (C=O) groups excluding carboxylic acids is 4. The Morgan fingerprint density at radius 2 is 1.59 bits per heavy atom. The van der Waals surface area contributed by atoms with Crippen LogP contribution in [0.15, 0.2) is 84.4 Å². The Labute approximate surface area is 253 Å². The van der Waals surface area contributed by atoms with Gasteiger partial charge in [0.1, 0.15) is 5.75 Å². The van der Waals surface area contributed by atoms with E-state index in [1.54, 1.807) is 67.6 Å². The molecule has 2 aliphatic heterocycles. The van der Waals surface area contributed by atoms with Crippen molar-refractivity contribution in [1.82, 2.24) is 4.90 Å². The number of rotatable bonds is 5. The Balaban J connectivity index is 1.30. The van der Waals surface area contributed by atoms with Crippen molar-refractivity contribution in [2.45, 2.75) is 32.1 Å². The quantitative estimate of drug-likeness (QED) is 0.327. The second-order valence-electron chi connectivity index (χ2n) is 12.4. The van der Waals surface area contributed by atoms with Gasteiger partial charge in [0.2, 0.25) is 23.6 Å². The van der Waals surface area contributed by atoms with E-state index in [1.165, 1.54) is 15.9 Å². The van der Waals surface area contributed by atoms with E-state index in [0.29, 0.717) is 17.7 Å². The first-order chi connectivity index (χ1) is 21.1. The lowest BCUT2D eigenvalue weighted by Gasteiger charge is -2.49. The van der Waals surface area contributed by atoms with Gasteiger partial charge in [0.15, 0.2) is 11.6 Å². The monoisotopic (exact) mass is 594 g/mol. The van der Waals surface area contributed by atoms with Gasteiger partial charge in [-0.1, -0.05) is 54.1 Å². The van der Waals surface area contributed by atoms with E-state index in [9.17, 15) is 33.8 Å². The Morgan fingerprint density at radius 3 is 2.32 bits per heavy atom. The van der Waals surface area contributed by atoms with Crippen molar-refractivity contribution in [1.29, 1.82) is 0 Å². The molecule has 2 N–H and O–H groups in total. The number of carbonyl (C=O) groups is 4. The fourth-order valence-electron chi connectivity index (χ4n) is 8.14. The maximum Gasteiger partial charge on any atom is 0.241 e.